The number of carbonyl (C=O) groups is 1. The summed E-state index contributed by atoms with van der Waals surface area (Å²) in [6.45, 7) is 5.71. The number of aryl methyl sites for hydroxylation is 1. The normalized spacial score (nSPS) is 18.9. The summed E-state index contributed by atoms with van der Waals surface area (Å²) in [5.41, 5.74) is 4.60. The number of nitrogens with one attached hydrogen (secondary N) is 2. The monoisotopic (exact) mass is 392 g/mol. The van der Waals surface area contributed by atoms with Crippen molar-refractivity contribution in [1.29, 1.82) is 0 Å². The fourth-order valence-electron chi connectivity index (χ4n) is 4.21. The molecule has 3 aromatic rings. The van der Waals surface area contributed by atoms with Crippen molar-refractivity contribution in [3.05, 3.63) is 36.0 Å². The molecule has 2 amide bonds. The number of carbonyl (C=O) groups excluding carboxylic acids is 1. The van der Waals surface area contributed by atoms with Gasteiger partial charge in [0, 0.05) is 62.4 Å². The van der Waals surface area contributed by atoms with E-state index < -0.39 is 0 Å². The average Bonchev–Trinajstić information content (AvgIpc) is 3.30. The van der Waals surface area contributed by atoms with Crippen LogP contribution >= 0.6 is 0 Å². The predicted octanol–water partition coefficient (Wildman–Crippen LogP) is 1.76. The molecule has 0 bridgehead atoms. The van der Waals surface area contributed by atoms with E-state index in [2.05, 4.69) is 43.7 Å². The summed E-state index contributed by atoms with van der Waals surface area (Å²) in [5, 5.41) is 15.0. The molecule has 150 valence electrons. The van der Waals surface area contributed by atoms with Gasteiger partial charge in [-0.1, -0.05) is 0 Å². The number of nitrogens with zero attached hydrogens (tertiary/aromatic N) is 6. The molecule has 1 aromatic carbocycles. The van der Waals surface area contributed by atoms with Gasteiger partial charge in [-0.2, -0.15) is 15.0 Å². The van der Waals surface area contributed by atoms with Gasteiger partial charge < -0.3 is 15.5 Å². The highest BCUT2D eigenvalue weighted by atomic mass is 16.2. The first-order valence-electron chi connectivity index (χ1n) is 9.94. The lowest BCUT2D eigenvalue weighted by Gasteiger charge is -2.34. The minimum absolute atomic E-state index is 0.176. The summed E-state index contributed by atoms with van der Waals surface area (Å²) in [5.74, 6) is 0.756. The predicted molar refractivity (Wildman–Crippen MR) is 112 cm³/mol. The number of amides is 2. The Kier molecular flexibility index (Phi) is 4.31. The third-order valence-electron chi connectivity index (χ3n) is 5.54. The number of hydrogen-bond donors (Lipinski definition) is 2. The zero-order valence-electron chi connectivity index (χ0n) is 16.6. The van der Waals surface area contributed by atoms with Crippen LogP contribution in [0.2, 0.25) is 0 Å². The molecular weight excluding hydrogens is 368 g/mol. The smallest absolute Gasteiger partial charge is 0.327 e. The van der Waals surface area contributed by atoms with E-state index in [1.807, 2.05) is 18.2 Å². The van der Waals surface area contributed by atoms with Gasteiger partial charge in [-0.3, -0.25) is 4.90 Å². The second-order valence-corrected chi connectivity index (χ2v) is 7.66. The van der Waals surface area contributed by atoms with Gasteiger partial charge in [-0.05, 0) is 37.6 Å². The molecule has 1 atom stereocenters. The van der Waals surface area contributed by atoms with E-state index >= 15 is 0 Å². The first-order valence-corrected chi connectivity index (χ1v) is 9.94. The van der Waals surface area contributed by atoms with E-state index in [0.29, 0.717) is 18.3 Å². The molecule has 9 heteroatoms. The van der Waals surface area contributed by atoms with E-state index in [-0.39, 0.29) is 6.03 Å². The topological polar surface area (TPSA) is 91.2 Å². The molecule has 4 heterocycles. The van der Waals surface area contributed by atoms with Crippen molar-refractivity contribution in [2.24, 2.45) is 7.05 Å². The van der Waals surface area contributed by atoms with E-state index in [9.17, 15) is 4.79 Å². The standard InChI is InChI=1S/C20H24N8O/c1-13-12-27(10-8-21-13)18-5-7-22-19-15(18)6-9-28(19)20(29)23-14-3-4-16-17(11-14)25-26(2)24-16/h3-5,7,11,13,21H,6,8-10,12H2,1-2H3,(H,23,29)/t13-/m0/s1. The minimum atomic E-state index is -0.176. The Labute approximate surface area is 168 Å². The van der Waals surface area contributed by atoms with E-state index in [4.69, 9.17) is 0 Å². The summed E-state index contributed by atoms with van der Waals surface area (Å²) in [4.78, 5) is 23.1. The van der Waals surface area contributed by atoms with Crippen molar-refractivity contribution >= 4 is 34.3 Å². The summed E-state index contributed by atoms with van der Waals surface area (Å²) < 4.78 is 0. The van der Waals surface area contributed by atoms with E-state index in [1.165, 1.54) is 10.5 Å². The highest BCUT2D eigenvalue weighted by Crippen LogP contribution is 2.34. The number of fused-ring (bicyclic) bond motifs is 2. The molecule has 0 radical (unpaired) electrons. The molecule has 1 fully saturated rings. The lowest BCUT2D eigenvalue weighted by atomic mass is 10.1. The lowest BCUT2D eigenvalue weighted by Crippen LogP contribution is -2.49. The Morgan fingerprint density at radius 3 is 2.93 bits per heavy atom. The first kappa shape index (κ1) is 17.9. The number of rotatable bonds is 2. The van der Waals surface area contributed by atoms with Crippen LogP contribution in [0.15, 0.2) is 30.5 Å². The van der Waals surface area contributed by atoms with Crippen LogP contribution in [0.5, 0.6) is 0 Å². The third-order valence-corrected chi connectivity index (χ3v) is 5.54. The van der Waals surface area contributed by atoms with Crippen molar-refractivity contribution in [3.63, 3.8) is 0 Å². The molecule has 0 aliphatic carbocycles. The van der Waals surface area contributed by atoms with Crippen LogP contribution in [0.1, 0.15) is 12.5 Å². The quantitative estimate of drug-likeness (QED) is 0.691. The van der Waals surface area contributed by atoms with Gasteiger partial charge >= 0.3 is 6.03 Å². The number of piperazine rings is 1. The fraction of sp³-hybridized carbons (Fsp3) is 0.400. The van der Waals surface area contributed by atoms with Gasteiger partial charge in [0.25, 0.3) is 0 Å². The van der Waals surface area contributed by atoms with Crippen LogP contribution in [-0.4, -0.2) is 58.2 Å². The highest BCUT2D eigenvalue weighted by Gasteiger charge is 2.30. The molecule has 0 saturated carbocycles. The Balaban J connectivity index is 1.38. The molecule has 2 aliphatic heterocycles. The van der Waals surface area contributed by atoms with Crippen molar-refractivity contribution in [1.82, 2.24) is 25.3 Å². The maximum atomic E-state index is 13.0. The zero-order chi connectivity index (χ0) is 20.0. The van der Waals surface area contributed by atoms with E-state index in [1.54, 1.807) is 18.1 Å². The molecule has 2 aliphatic rings. The number of benzene rings is 1. The third kappa shape index (κ3) is 3.27. The number of hydrogen-bond acceptors (Lipinski definition) is 6. The van der Waals surface area contributed by atoms with Gasteiger partial charge in [0.2, 0.25) is 0 Å². The summed E-state index contributed by atoms with van der Waals surface area (Å²) in [6, 6.07) is 7.88. The van der Waals surface area contributed by atoms with Gasteiger partial charge in [0.15, 0.2) is 0 Å². The maximum absolute atomic E-state index is 13.0. The second-order valence-electron chi connectivity index (χ2n) is 7.66. The van der Waals surface area contributed by atoms with Crippen molar-refractivity contribution in [3.8, 4) is 0 Å². The van der Waals surface area contributed by atoms with Gasteiger partial charge in [-0.15, -0.1) is 0 Å². The maximum Gasteiger partial charge on any atom is 0.327 e. The van der Waals surface area contributed by atoms with Crippen LogP contribution in [0, 0.1) is 0 Å². The molecule has 2 aromatic heterocycles. The van der Waals surface area contributed by atoms with Crippen molar-refractivity contribution in [2.75, 3.05) is 41.3 Å². The molecule has 5 rings (SSSR count). The zero-order valence-corrected chi connectivity index (χ0v) is 16.6. The Morgan fingerprint density at radius 2 is 2.07 bits per heavy atom. The fourth-order valence-corrected chi connectivity index (χ4v) is 4.21. The lowest BCUT2D eigenvalue weighted by molar-refractivity contribution is 0.257. The molecule has 2 N–H and O–H groups in total. The number of urea groups is 1. The highest BCUT2D eigenvalue weighted by molar-refractivity contribution is 6.03. The number of pyridine rings is 1. The Bertz CT molecular complexity index is 1080. The molecule has 0 unspecified atom stereocenters. The number of anilines is 3. The minimum Gasteiger partial charge on any atom is -0.368 e. The Morgan fingerprint density at radius 1 is 1.21 bits per heavy atom. The van der Waals surface area contributed by atoms with Gasteiger partial charge in [-0.25, -0.2) is 9.78 Å². The summed E-state index contributed by atoms with van der Waals surface area (Å²) in [6.07, 6.45) is 2.62. The largest absolute Gasteiger partial charge is 0.368 e. The van der Waals surface area contributed by atoms with Crippen LogP contribution in [0.25, 0.3) is 11.0 Å². The van der Waals surface area contributed by atoms with Crippen molar-refractivity contribution in [2.45, 2.75) is 19.4 Å². The van der Waals surface area contributed by atoms with Gasteiger partial charge in [0.1, 0.15) is 16.9 Å². The SMILES string of the molecule is C[C@H]1CN(c2ccnc3c2CCN3C(=O)Nc2ccc3nn(C)nc3c2)CCN1. The Hall–Kier alpha value is -3.20. The molecule has 9 nitrogen and oxygen atoms in total. The first-order chi connectivity index (χ1) is 14.1. The number of aromatic nitrogens is 4. The van der Waals surface area contributed by atoms with Gasteiger partial charge in [0.05, 0.1) is 0 Å². The molecule has 0 spiro atoms. The van der Waals surface area contributed by atoms with Crippen LogP contribution in [0.4, 0.5) is 22.0 Å². The second kappa shape index (κ2) is 7.00. The van der Waals surface area contributed by atoms with Crippen LogP contribution in [0.3, 0.4) is 0 Å². The average molecular weight is 392 g/mol. The van der Waals surface area contributed by atoms with Crippen molar-refractivity contribution < 1.29 is 4.79 Å². The molecule has 1 saturated heterocycles. The van der Waals surface area contributed by atoms with Crippen LogP contribution in [-0.2, 0) is 13.5 Å². The van der Waals surface area contributed by atoms with Crippen LogP contribution < -0.4 is 20.4 Å². The molecular formula is C20H24N8O. The summed E-state index contributed by atoms with van der Waals surface area (Å²) >= 11 is 0. The summed E-state index contributed by atoms with van der Waals surface area (Å²) in [7, 11) is 1.78. The molecule has 29 heavy (non-hydrogen) atoms. The van der Waals surface area contributed by atoms with E-state index in [0.717, 1.165) is 48.5 Å².